The zero-order valence-electron chi connectivity index (χ0n) is 12.0. The standard InChI is InChI=1S/C15H18ClFN2O2/c1-14(2)12-11(3-4-21-12)15(14,18)13(20)19-10-6-8(16)5-9(17)7-10/h5-7,11-12H,3-4,18H2,1-2H3,(H,19,20). The van der Waals surface area contributed by atoms with Gasteiger partial charge >= 0.3 is 0 Å². The van der Waals surface area contributed by atoms with Gasteiger partial charge in [0.25, 0.3) is 0 Å². The van der Waals surface area contributed by atoms with E-state index in [9.17, 15) is 9.18 Å². The van der Waals surface area contributed by atoms with Gasteiger partial charge in [-0.2, -0.15) is 0 Å². The molecule has 0 aromatic heterocycles. The van der Waals surface area contributed by atoms with Crippen LogP contribution in [0.4, 0.5) is 10.1 Å². The van der Waals surface area contributed by atoms with E-state index in [1.54, 1.807) is 0 Å². The van der Waals surface area contributed by atoms with Crippen LogP contribution in [0, 0.1) is 17.2 Å². The first kappa shape index (κ1) is 14.8. The van der Waals surface area contributed by atoms with E-state index in [2.05, 4.69) is 5.32 Å². The average molecular weight is 313 g/mol. The molecule has 3 atom stereocenters. The fourth-order valence-corrected chi connectivity index (χ4v) is 3.93. The normalized spacial score (nSPS) is 33.2. The van der Waals surface area contributed by atoms with Gasteiger partial charge in [-0.1, -0.05) is 25.4 Å². The van der Waals surface area contributed by atoms with Crippen molar-refractivity contribution < 1.29 is 13.9 Å². The fourth-order valence-electron chi connectivity index (χ4n) is 3.71. The van der Waals surface area contributed by atoms with Crippen molar-refractivity contribution in [1.82, 2.24) is 0 Å². The van der Waals surface area contributed by atoms with Gasteiger partial charge in [0.1, 0.15) is 11.4 Å². The van der Waals surface area contributed by atoms with Crippen molar-refractivity contribution in [2.45, 2.75) is 31.9 Å². The van der Waals surface area contributed by atoms with Gasteiger partial charge in [0, 0.05) is 28.6 Å². The Bertz CT molecular complexity index is 587. The number of fused-ring (bicyclic) bond motifs is 1. The minimum absolute atomic E-state index is 0.00321. The molecule has 3 rings (SSSR count). The molecule has 114 valence electrons. The van der Waals surface area contributed by atoms with Crippen LogP contribution in [-0.4, -0.2) is 24.2 Å². The van der Waals surface area contributed by atoms with E-state index in [0.717, 1.165) is 6.42 Å². The second-order valence-electron chi connectivity index (χ2n) is 6.39. The van der Waals surface area contributed by atoms with Crippen LogP contribution in [0.25, 0.3) is 0 Å². The highest BCUT2D eigenvalue weighted by molar-refractivity contribution is 6.31. The molecule has 0 radical (unpaired) electrons. The summed E-state index contributed by atoms with van der Waals surface area (Å²) in [6, 6.07) is 3.91. The summed E-state index contributed by atoms with van der Waals surface area (Å²) < 4.78 is 19.0. The van der Waals surface area contributed by atoms with Crippen LogP contribution >= 0.6 is 11.6 Å². The monoisotopic (exact) mass is 312 g/mol. The molecular formula is C15H18ClFN2O2. The first-order chi connectivity index (χ1) is 9.76. The third-order valence-corrected chi connectivity index (χ3v) is 5.17. The number of rotatable bonds is 2. The van der Waals surface area contributed by atoms with E-state index in [0.29, 0.717) is 12.3 Å². The molecule has 1 aromatic carbocycles. The summed E-state index contributed by atoms with van der Waals surface area (Å²) in [4.78, 5) is 12.6. The van der Waals surface area contributed by atoms with Gasteiger partial charge in [0.15, 0.2) is 0 Å². The predicted octanol–water partition coefficient (Wildman–Crippen LogP) is 2.56. The van der Waals surface area contributed by atoms with Crippen molar-refractivity contribution >= 4 is 23.2 Å². The maximum absolute atomic E-state index is 13.4. The Morgan fingerprint density at radius 1 is 1.48 bits per heavy atom. The minimum atomic E-state index is -1.02. The van der Waals surface area contributed by atoms with Gasteiger partial charge in [0.2, 0.25) is 5.91 Å². The molecule has 1 heterocycles. The van der Waals surface area contributed by atoms with Gasteiger partial charge in [-0.05, 0) is 24.6 Å². The molecule has 3 N–H and O–H groups in total. The number of amides is 1. The highest BCUT2D eigenvalue weighted by atomic mass is 35.5. The first-order valence-electron chi connectivity index (χ1n) is 6.95. The fraction of sp³-hybridized carbons (Fsp3) is 0.533. The van der Waals surface area contributed by atoms with E-state index in [1.165, 1.54) is 18.2 Å². The van der Waals surface area contributed by atoms with E-state index in [4.69, 9.17) is 22.1 Å². The zero-order valence-corrected chi connectivity index (χ0v) is 12.7. The molecule has 0 spiro atoms. The maximum Gasteiger partial charge on any atom is 0.245 e. The van der Waals surface area contributed by atoms with E-state index < -0.39 is 16.8 Å². The lowest BCUT2D eigenvalue weighted by Gasteiger charge is -2.60. The topological polar surface area (TPSA) is 64.3 Å². The number of anilines is 1. The lowest BCUT2D eigenvalue weighted by Crippen LogP contribution is -2.79. The molecule has 0 bridgehead atoms. The van der Waals surface area contributed by atoms with Gasteiger partial charge in [-0.25, -0.2) is 4.39 Å². The van der Waals surface area contributed by atoms with Crippen molar-refractivity contribution in [2.24, 2.45) is 17.1 Å². The van der Waals surface area contributed by atoms with Crippen molar-refractivity contribution in [3.8, 4) is 0 Å². The molecular weight excluding hydrogens is 295 g/mol. The maximum atomic E-state index is 13.4. The number of hydrogen-bond acceptors (Lipinski definition) is 3. The van der Waals surface area contributed by atoms with Crippen molar-refractivity contribution in [3.63, 3.8) is 0 Å². The van der Waals surface area contributed by atoms with Crippen LogP contribution in [0.15, 0.2) is 18.2 Å². The number of hydrogen-bond donors (Lipinski definition) is 2. The second-order valence-corrected chi connectivity index (χ2v) is 6.83. The summed E-state index contributed by atoms with van der Waals surface area (Å²) >= 11 is 5.80. The number of nitrogens with two attached hydrogens (primary N) is 1. The molecule has 1 saturated carbocycles. The van der Waals surface area contributed by atoms with Gasteiger partial charge in [-0.3, -0.25) is 4.79 Å². The Kier molecular flexibility index (Phi) is 3.28. The van der Waals surface area contributed by atoms with Gasteiger partial charge < -0.3 is 15.8 Å². The molecule has 1 aliphatic heterocycles. The number of halogens is 2. The number of nitrogens with one attached hydrogen (secondary N) is 1. The van der Waals surface area contributed by atoms with Crippen LogP contribution in [0.3, 0.4) is 0 Å². The third-order valence-electron chi connectivity index (χ3n) is 4.95. The van der Waals surface area contributed by atoms with Gasteiger partial charge in [-0.15, -0.1) is 0 Å². The molecule has 1 aromatic rings. The van der Waals surface area contributed by atoms with E-state index in [1.807, 2.05) is 13.8 Å². The zero-order chi connectivity index (χ0) is 15.4. The van der Waals surface area contributed by atoms with Crippen molar-refractivity contribution in [2.75, 3.05) is 11.9 Å². The number of carbonyl (C=O) groups is 1. The van der Waals surface area contributed by atoms with Crippen LogP contribution in [-0.2, 0) is 9.53 Å². The average Bonchev–Trinajstić information content (AvgIpc) is 2.84. The summed E-state index contributed by atoms with van der Waals surface area (Å²) in [6.07, 6.45) is 0.770. The van der Waals surface area contributed by atoms with Crippen molar-refractivity contribution in [1.29, 1.82) is 0 Å². The van der Waals surface area contributed by atoms with Crippen molar-refractivity contribution in [3.05, 3.63) is 29.0 Å². The molecule has 4 nitrogen and oxygen atoms in total. The lowest BCUT2D eigenvalue weighted by atomic mass is 9.48. The lowest BCUT2D eigenvalue weighted by molar-refractivity contribution is -0.170. The first-order valence-corrected chi connectivity index (χ1v) is 7.32. The molecule has 6 heteroatoms. The third kappa shape index (κ3) is 1.99. The SMILES string of the molecule is CC1(C)C2OCCC2C1(N)C(=O)Nc1cc(F)cc(Cl)c1. The Balaban J connectivity index is 1.85. The summed E-state index contributed by atoms with van der Waals surface area (Å²) in [5.41, 5.74) is 5.24. The van der Waals surface area contributed by atoms with Crippen LogP contribution in [0.2, 0.25) is 5.02 Å². The minimum Gasteiger partial charge on any atom is -0.377 e. The summed E-state index contributed by atoms with van der Waals surface area (Å²) in [5.74, 6) is -0.823. The Morgan fingerprint density at radius 3 is 2.86 bits per heavy atom. The summed E-state index contributed by atoms with van der Waals surface area (Å²) in [5, 5.41) is 2.92. The van der Waals surface area contributed by atoms with E-state index in [-0.39, 0.29) is 23.0 Å². The predicted molar refractivity (Wildman–Crippen MR) is 78.6 cm³/mol. The molecule has 21 heavy (non-hydrogen) atoms. The number of ether oxygens (including phenoxy) is 1. The second kappa shape index (κ2) is 4.66. The Hall–Kier alpha value is -1.17. The highest BCUT2D eigenvalue weighted by Crippen LogP contribution is 2.58. The molecule has 1 saturated heterocycles. The van der Waals surface area contributed by atoms with Crippen LogP contribution in [0.1, 0.15) is 20.3 Å². The summed E-state index contributed by atoms with van der Waals surface area (Å²) in [6.45, 7) is 4.48. The number of benzene rings is 1. The largest absolute Gasteiger partial charge is 0.377 e. The van der Waals surface area contributed by atoms with Crippen LogP contribution in [0.5, 0.6) is 0 Å². The number of carbonyl (C=O) groups excluding carboxylic acids is 1. The molecule has 1 aliphatic carbocycles. The molecule has 1 amide bonds. The Labute approximate surface area is 127 Å². The summed E-state index contributed by atoms with van der Waals surface area (Å²) in [7, 11) is 0. The Morgan fingerprint density at radius 2 is 2.19 bits per heavy atom. The smallest absolute Gasteiger partial charge is 0.245 e. The molecule has 3 unspecified atom stereocenters. The van der Waals surface area contributed by atoms with Crippen LogP contribution < -0.4 is 11.1 Å². The highest BCUT2D eigenvalue weighted by Gasteiger charge is 2.71. The molecule has 2 aliphatic rings. The van der Waals surface area contributed by atoms with E-state index >= 15 is 0 Å². The molecule has 2 fully saturated rings. The van der Waals surface area contributed by atoms with Gasteiger partial charge in [0.05, 0.1) is 6.10 Å². The quantitative estimate of drug-likeness (QED) is 0.882.